The fourth-order valence-electron chi connectivity index (χ4n) is 3.60. The molecular weight excluding hydrogens is 452 g/mol. The van der Waals surface area contributed by atoms with E-state index < -0.39 is 54.5 Å². The van der Waals surface area contributed by atoms with Crippen LogP contribution in [0.4, 0.5) is 0 Å². The van der Waals surface area contributed by atoms with Gasteiger partial charge in [0.25, 0.3) is 0 Å². The van der Waals surface area contributed by atoms with Crippen molar-refractivity contribution in [2.75, 3.05) is 6.61 Å². The van der Waals surface area contributed by atoms with Gasteiger partial charge >= 0.3 is 5.97 Å². The number of aromatic hydroxyl groups is 2. The predicted molar refractivity (Wildman–Crippen MR) is 115 cm³/mol. The Hall–Kier alpha value is -3.64. The third-order valence-corrected chi connectivity index (χ3v) is 5.38. The molecule has 4 rings (SSSR count). The minimum Gasteiger partial charge on any atom is -0.508 e. The van der Waals surface area contributed by atoms with Crippen LogP contribution in [-0.4, -0.2) is 68.8 Å². The van der Waals surface area contributed by atoms with Gasteiger partial charge in [0, 0.05) is 19.1 Å². The number of phenols is 2. The van der Waals surface area contributed by atoms with Crippen molar-refractivity contribution in [2.24, 2.45) is 0 Å². The van der Waals surface area contributed by atoms with Gasteiger partial charge in [0.05, 0.1) is 5.56 Å². The Labute approximate surface area is 192 Å². The molecular formula is C23H22O11. The molecule has 3 aromatic rings. The summed E-state index contributed by atoms with van der Waals surface area (Å²) < 4.78 is 21.3. The molecule has 180 valence electrons. The highest BCUT2D eigenvalue weighted by molar-refractivity contribution is 5.88. The van der Waals surface area contributed by atoms with Crippen LogP contribution in [0.25, 0.3) is 22.1 Å². The second-order valence-electron chi connectivity index (χ2n) is 7.78. The molecule has 1 aromatic heterocycles. The fraction of sp³-hybridized carbons (Fsp3) is 0.304. The van der Waals surface area contributed by atoms with Crippen LogP contribution in [0.5, 0.6) is 17.2 Å². The summed E-state index contributed by atoms with van der Waals surface area (Å²) in [6, 6.07) is 8.25. The van der Waals surface area contributed by atoms with Crippen molar-refractivity contribution < 1.29 is 49.0 Å². The van der Waals surface area contributed by atoms with Crippen LogP contribution in [0.15, 0.2) is 51.9 Å². The third-order valence-electron chi connectivity index (χ3n) is 5.38. The van der Waals surface area contributed by atoms with E-state index in [2.05, 4.69) is 0 Å². The maximum Gasteiger partial charge on any atom is 0.302 e. The van der Waals surface area contributed by atoms with E-state index in [0.717, 1.165) is 13.0 Å². The number of aliphatic hydroxyl groups excluding tert-OH is 3. The Kier molecular flexibility index (Phi) is 6.44. The molecule has 2 heterocycles. The maximum atomic E-state index is 12.9. The summed E-state index contributed by atoms with van der Waals surface area (Å²) in [6.07, 6.45) is -6.38. The van der Waals surface area contributed by atoms with Crippen LogP contribution < -0.4 is 10.2 Å². The molecule has 0 spiro atoms. The lowest BCUT2D eigenvalue weighted by molar-refractivity contribution is -0.278. The summed E-state index contributed by atoms with van der Waals surface area (Å²) in [6.45, 7) is 0.769. The van der Waals surface area contributed by atoms with Gasteiger partial charge in [-0.3, -0.25) is 9.59 Å². The van der Waals surface area contributed by atoms with Crippen LogP contribution >= 0.6 is 0 Å². The number of fused-ring (bicyclic) bond motifs is 1. The van der Waals surface area contributed by atoms with Gasteiger partial charge in [-0.15, -0.1) is 0 Å². The Balaban J connectivity index is 1.62. The van der Waals surface area contributed by atoms with Gasteiger partial charge in [-0.25, -0.2) is 0 Å². The largest absolute Gasteiger partial charge is 0.508 e. The molecule has 0 unspecified atom stereocenters. The van der Waals surface area contributed by atoms with Crippen LogP contribution in [0, 0.1) is 0 Å². The quantitative estimate of drug-likeness (QED) is 0.328. The first-order valence-electron chi connectivity index (χ1n) is 10.2. The molecule has 5 N–H and O–H groups in total. The van der Waals surface area contributed by atoms with Gasteiger partial charge in [0.15, 0.2) is 0 Å². The van der Waals surface area contributed by atoms with Gasteiger partial charge < -0.3 is 44.2 Å². The molecule has 11 nitrogen and oxygen atoms in total. The van der Waals surface area contributed by atoms with Crippen LogP contribution in [-0.2, 0) is 14.3 Å². The van der Waals surface area contributed by atoms with Gasteiger partial charge in [-0.2, -0.15) is 0 Å². The molecule has 0 saturated carbocycles. The average molecular weight is 474 g/mol. The first kappa shape index (κ1) is 23.5. The van der Waals surface area contributed by atoms with E-state index in [4.69, 9.17) is 18.6 Å². The normalized spacial score (nSPS) is 24.6. The Morgan fingerprint density at radius 3 is 2.41 bits per heavy atom. The predicted octanol–water partition coefficient (Wildman–Crippen LogP) is 0.621. The number of rotatable bonds is 5. The highest BCUT2D eigenvalue weighted by Crippen LogP contribution is 2.32. The zero-order valence-corrected chi connectivity index (χ0v) is 17.8. The van der Waals surface area contributed by atoms with E-state index in [1.807, 2.05) is 0 Å². The van der Waals surface area contributed by atoms with Crippen molar-refractivity contribution in [3.63, 3.8) is 0 Å². The van der Waals surface area contributed by atoms with Gasteiger partial charge in [0.2, 0.25) is 11.7 Å². The van der Waals surface area contributed by atoms with E-state index in [1.165, 1.54) is 36.6 Å². The fourth-order valence-corrected chi connectivity index (χ4v) is 3.60. The van der Waals surface area contributed by atoms with Crippen molar-refractivity contribution in [3.05, 3.63) is 52.9 Å². The van der Waals surface area contributed by atoms with Crippen LogP contribution in [0.3, 0.4) is 0 Å². The second-order valence-corrected chi connectivity index (χ2v) is 7.78. The van der Waals surface area contributed by atoms with Crippen molar-refractivity contribution in [3.8, 4) is 28.4 Å². The van der Waals surface area contributed by atoms with Crippen LogP contribution in [0.1, 0.15) is 6.92 Å². The summed E-state index contributed by atoms with van der Waals surface area (Å²) >= 11 is 0. The Bertz CT molecular complexity index is 1250. The molecule has 0 aliphatic carbocycles. The van der Waals surface area contributed by atoms with Crippen LogP contribution in [0.2, 0.25) is 0 Å². The molecule has 5 atom stereocenters. The molecule has 1 aliphatic heterocycles. The van der Waals surface area contributed by atoms with Crippen molar-refractivity contribution in [2.45, 2.75) is 37.6 Å². The van der Waals surface area contributed by atoms with Crippen molar-refractivity contribution >= 4 is 16.9 Å². The number of hydrogen-bond donors (Lipinski definition) is 5. The number of carbonyl (C=O) groups is 1. The molecule has 1 fully saturated rings. The lowest BCUT2D eigenvalue weighted by atomic mass is 9.99. The van der Waals surface area contributed by atoms with E-state index in [9.17, 15) is 35.1 Å². The monoisotopic (exact) mass is 474 g/mol. The summed E-state index contributed by atoms with van der Waals surface area (Å²) in [7, 11) is 0. The molecule has 34 heavy (non-hydrogen) atoms. The van der Waals surface area contributed by atoms with Crippen molar-refractivity contribution in [1.29, 1.82) is 0 Å². The summed E-state index contributed by atoms with van der Waals surface area (Å²) in [5, 5.41) is 50.3. The number of phenolic OH excluding ortho intramolecular Hbond substituents is 2. The minimum atomic E-state index is -1.68. The van der Waals surface area contributed by atoms with E-state index in [1.54, 1.807) is 0 Å². The van der Waals surface area contributed by atoms with E-state index in [-0.39, 0.29) is 28.0 Å². The summed E-state index contributed by atoms with van der Waals surface area (Å²) in [4.78, 5) is 24.0. The summed E-state index contributed by atoms with van der Waals surface area (Å²) in [5.41, 5.74) is 0.0843. The molecule has 0 radical (unpaired) electrons. The maximum absolute atomic E-state index is 12.9. The van der Waals surface area contributed by atoms with E-state index >= 15 is 0 Å². The summed E-state index contributed by atoms with van der Waals surface area (Å²) in [5.74, 6) is -1.14. The molecule has 0 bridgehead atoms. The topological polar surface area (TPSA) is 176 Å². The second kappa shape index (κ2) is 9.31. The van der Waals surface area contributed by atoms with Crippen molar-refractivity contribution in [1.82, 2.24) is 0 Å². The number of benzene rings is 2. The van der Waals surface area contributed by atoms with E-state index in [0.29, 0.717) is 5.56 Å². The highest BCUT2D eigenvalue weighted by atomic mass is 16.7. The first-order valence-corrected chi connectivity index (χ1v) is 10.2. The average Bonchev–Trinajstić information content (AvgIpc) is 2.79. The lowest BCUT2D eigenvalue weighted by Gasteiger charge is -2.39. The third kappa shape index (κ3) is 4.54. The Morgan fingerprint density at radius 1 is 1.03 bits per heavy atom. The number of ether oxygens (including phenoxy) is 3. The standard InChI is InChI=1S/C23H22O11/c1-10(24)31-9-17-20(28)21(29)22(30)23(34-17)33-13-6-15(26)18-16(7-13)32-8-14(19(18)27)11-2-4-12(25)5-3-11/h2-8,17,20-23,25-26,28-30H,9H2,1H3/t17-,20+,21-,22+,23+/m0/s1. The SMILES string of the molecule is CC(=O)OC[C@@H]1O[C@@H](Oc2cc(O)c3c(=O)c(-c4ccc(O)cc4)coc3c2)[C@H](O)[C@@H](O)[C@@H]1O. The molecule has 11 heteroatoms. The number of hydrogen-bond acceptors (Lipinski definition) is 11. The molecule has 2 aromatic carbocycles. The highest BCUT2D eigenvalue weighted by Gasteiger charge is 2.45. The zero-order chi connectivity index (χ0) is 24.6. The first-order chi connectivity index (χ1) is 16.2. The Morgan fingerprint density at radius 2 is 1.74 bits per heavy atom. The number of aliphatic hydroxyl groups is 3. The lowest BCUT2D eigenvalue weighted by Crippen LogP contribution is -2.60. The minimum absolute atomic E-state index is 0.0233. The number of esters is 1. The van der Waals surface area contributed by atoms with Gasteiger partial charge in [-0.1, -0.05) is 12.1 Å². The van der Waals surface area contributed by atoms with Gasteiger partial charge in [-0.05, 0) is 17.7 Å². The zero-order valence-electron chi connectivity index (χ0n) is 17.8. The molecule has 1 saturated heterocycles. The number of carbonyl (C=O) groups excluding carboxylic acids is 1. The van der Waals surface area contributed by atoms with Gasteiger partial charge in [0.1, 0.15) is 65.5 Å². The smallest absolute Gasteiger partial charge is 0.302 e. The molecule has 1 aliphatic rings. The molecule has 0 amide bonds.